The first kappa shape index (κ1) is 15.8. The molecule has 3 heterocycles. The van der Waals surface area contributed by atoms with E-state index in [4.69, 9.17) is 0 Å². The van der Waals surface area contributed by atoms with Gasteiger partial charge >= 0.3 is 0 Å². The van der Waals surface area contributed by atoms with Crippen molar-refractivity contribution in [3.8, 4) is 0 Å². The van der Waals surface area contributed by atoms with E-state index >= 15 is 0 Å². The van der Waals surface area contributed by atoms with E-state index in [-0.39, 0.29) is 11.8 Å². The molecule has 1 saturated carbocycles. The first-order valence-corrected chi connectivity index (χ1v) is 9.55. The van der Waals surface area contributed by atoms with E-state index in [2.05, 4.69) is 33.6 Å². The van der Waals surface area contributed by atoms with Crippen LogP contribution in [0, 0.1) is 6.92 Å². The molecule has 24 heavy (non-hydrogen) atoms. The summed E-state index contributed by atoms with van der Waals surface area (Å²) in [7, 11) is 1.99. The van der Waals surface area contributed by atoms with Gasteiger partial charge in [0.15, 0.2) is 0 Å². The third-order valence-electron chi connectivity index (χ3n) is 5.31. The van der Waals surface area contributed by atoms with Gasteiger partial charge in [-0.3, -0.25) is 9.69 Å². The van der Waals surface area contributed by atoms with Gasteiger partial charge in [-0.05, 0) is 43.2 Å². The summed E-state index contributed by atoms with van der Waals surface area (Å²) in [6.45, 7) is 4.64. The summed E-state index contributed by atoms with van der Waals surface area (Å²) in [6.07, 6.45) is 5.31. The molecule has 6 heteroatoms. The van der Waals surface area contributed by atoms with Crippen molar-refractivity contribution in [1.82, 2.24) is 19.8 Å². The van der Waals surface area contributed by atoms with E-state index < -0.39 is 0 Å². The Kier molecular flexibility index (Phi) is 4.18. The second kappa shape index (κ2) is 6.33. The molecule has 0 spiro atoms. The first-order chi connectivity index (χ1) is 11.6. The standard InChI is InChI=1S/C18H24N4OS/c1-12-6-7-24-16(12)10-22-8-14(18(23)20-13-4-3-5-13)17-15(9-22)19-11-21(17)2/h6-7,11,13-14H,3-5,8-10H2,1-2H3,(H,20,23). The zero-order valence-electron chi connectivity index (χ0n) is 14.3. The second-order valence-electron chi connectivity index (χ2n) is 7.07. The molecule has 1 aliphatic heterocycles. The number of thiophene rings is 1. The topological polar surface area (TPSA) is 50.2 Å². The van der Waals surface area contributed by atoms with Gasteiger partial charge < -0.3 is 9.88 Å². The number of hydrogen-bond donors (Lipinski definition) is 1. The Hall–Kier alpha value is -1.66. The number of aryl methyl sites for hydroxylation is 2. The van der Waals surface area contributed by atoms with Crippen LogP contribution in [-0.2, 0) is 24.9 Å². The lowest BCUT2D eigenvalue weighted by atomic mass is 9.91. The van der Waals surface area contributed by atoms with Crippen molar-refractivity contribution in [1.29, 1.82) is 0 Å². The average Bonchev–Trinajstić information content (AvgIpc) is 3.09. The SMILES string of the molecule is Cc1ccsc1CN1Cc2ncn(C)c2C(C(=O)NC2CCC2)C1. The second-order valence-corrected chi connectivity index (χ2v) is 8.07. The largest absolute Gasteiger partial charge is 0.353 e. The molecule has 1 N–H and O–H groups in total. The number of nitrogens with zero attached hydrogens (tertiary/aromatic N) is 3. The molecular formula is C18H24N4OS. The van der Waals surface area contributed by atoms with Crippen LogP contribution in [0.3, 0.4) is 0 Å². The fourth-order valence-corrected chi connectivity index (χ4v) is 4.58. The summed E-state index contributed by atoms with van der Waals surface area (Å²) in [6, 6.07) is 2.54. The summed E-state index contributed by atoms with van der Waals surface area (Å²) < 4.78 is 2.02. The van der Waals surface area contributed by atoms with Crippen molar-refractivity contribution >= 4 is 17.2 Å². The molecule has 1 aliphatic carbocycles. The molecule has 2 aromatic rings. The van der Waals surface area contributed by atoms with Gasteiger partial charge in [0.25, 0.3) is 0 Å². The first-order valence-electron chi connectivity index (χ1n) is 8.67. The van der Waals surface area contributed by atoms with Crippen LogP contribution in [-0.4, -0.2) is 32.9 Å². The van der Waals surface area contributed by atoms with Gasteiger partial charge in [-0.25, -0.2) is 4.98 Å². The van der Waals surface area contributed by atoms with Crippen LogP contribution in [0.4, 0.5) is 0 Å². The Labute approximate surface area is 146 Å². The maximum absolute atomic E-state index is 12.9. The molecule has 0 radical (unpaired) electrons. The highest BCUT2D eigenvalue weighted by molar-refractivity contribution is 7.10. The maximum Gasteiger partial charge on any atom is 0.230 e. The average molecular weight is 344 g/mol. The monoisotopic (exact) mass is 344 g/mol. The molecule has 2 aromatic heterocycles. The smallest absolute Gasteiger partial charge is 0.230 e. The summed E-state index contributed by atoms with van der Waals surface area (Å²) in [5.41, 5.74) is 3.47. The van der Waals surface area contributed by atoms with Gasteiger partial charge in [0, 0.05) is 37.6 Å². The lowest BCUT2D eigenvalue weighted by Gasteiger charge is -2.34. The lowest BCUT2D eigenvalue weighted by Crippen LogP contribution is -2.46. The number of fused-ring (bicyclic) bond motifs is 1. The minimum atomic E-state index is -0.123. The predicted molar refractivity (Wildman–Crippen MR) is 94.9 cm³/mol. The van der Waals surface area contributed by atoms with Gasteiger partial charge in [0.1, 0.15) is 0 Å². The van der Waals surface area contributed by atoms with Crippen molar-refractivity contribution < 1.29 is 4.79 Å². The number of hydrogen-bond acceptors (Lipinski definition) is 4. The molecule has 1 atom stereocenters. The van der Waals surface area contributed by atoms with Crippen molar-refractivity contribution in [2.75, 3.05) is 6.54 Å². The molecule has 0 saturated heterocycles. The number of aromatic nitrogens is 2. The van der Waals surface area contributed by atoms with Crippen LogP contribution in [0.1, 0.15) is 47.0 Å². The molecular weight excluding hydrogens is 320 g/mol. The summed E-state index contributed by atoms with van der Waals surface area (Å²) in [5.74, 6) is 0.0410. The third kappa shape index (κ3) is 2.89. The van der Waals surface area contributed by atoms with Gasteiger partial charge in [-0.2, -0.15) is 0 Å². The minimum Gasteiger partial charge on any atom is -0.353 e. The molecule has 1 fully saturated rings. The van der Waals surface area contributed by atoms with Crippen LogP contribution < -0.4 is 5.32 Å². The Morgan fingerprint density at radius 1 is 1.46 bits per heavy atom. The van der Waals surface area contributed by atoms with E-state index in [1.54, 1.807) is 11.3 Å². The fraction of sp³-hybridized carbons (Fsp3) is 0.556. The van der Waals surface area contributed by atoms with Gasteiger partial charge in [0.2, 0.25) is 5.91 Å². The number of imidazole rings is 1. The molecule has 0 aromatic carbocycles. The van der Waals surface area contributed by atoms with E-state index in [9.17, 15) is 4.79 Å². The summed E-state index contributed by atoms with van der Waals surface area (Å²) >= 11 is 1.79. The molecule has 4 rings (SSSR count). The van der Waals surface area contributed by atoms with Crippen molar-refractivity contribution in [2.45, 2.75) is 51.2 Å². The molecule has 5 nitrogen and oxygen atoms in total. The minimum absolute atomic E-state index is 0.123. The molecule has 2 aliphatic rings. The van der Waals surface area contributed by atoms with E-state index in [0.29, 0.717) is 6.04 Å². The van der Waals surface area contributed by atoms with Gasteiger partial charge in [-0.15, -0.1) is 11.3 Å². The van der Waals surface area contributed by atoms with Gasteiger partial charge in [-0.1, -0.05) is 0 Å². The Morgan fingerprint density at radius 2 is 2.29 bits per heavy atom. The van der Waals surface area contributed by atoms with Crippen LogP contribution in [0.25, 0.3) is 0 Å². The summed E-state index contributed by atoms with van der Waals surface area (Å²) in [5, 5.41) is 5.37. The third-order valence-corrected chi connectivity index (χ3v) is 6.32. The van der Waals surface area contributed by atoms with Crippen molar-refractivity contribution in [3.63, 3.8) is 0 Å². The van der Waals surface area contributed by atoms with E-state index in [1.165, 1.54) is 16.9 Å². The molecule has 128 valence electrons. The number of carbonyl (C=O) groups is 1. The van der Waals surface area contributed by atoms with Crippen molar-refractivity contribution in [3.05, 3.63) is 39.6 Å². The highest BCUT2D eigenvalue weighted by Crippen LogP contribution is 2.30. The normalized spacial score (nSPS) is 21.3. The quantitative estimate of drug-likeness (QED) is 0.927. The fourth-order valence-electron chi connectivity index (χ4n) is 3.63. The van der Waals surface area contributed by atoms with Crippen molar-refractivity contribution in [2.24, 2.45) is 7.05 Å². The Balaban J connectivity index is 1.55. The lowest BCUT2D eigenvalue weighted by molar-refractivity contribution is -0.124. The highest BCUT2D eigenvalue weighted by atomic mass is 32.1. The zero-order chi connectivity index (χ0) is 16.7. The van der Waals surface area contributed by atoms with Gasteiger partial charge in [0.05, 0.1) is 23.6 Å². The Bertz CT molecular complexity index is 746. The number of carbonyl (C=O) groups excluding carboxylic acids is 1. The molecule has 1 amide bonds. The van der Waals surface area contributed by atoms with Crippen LogP contribution in [0.2, 0.25) is 0 Å². The molecule has 0 bridgehead atoms. The zero-order valence-corrected chi connectivity index (χ0v) is 15.1. The maximum atomic E-state index is 12.9. The highest BCUT2D eigenvalue weighted by Gasteiger charge is 2.35. The predicted octanol–water partition coefficient (Wildman–Crippen LogP) is 2.56. The number of nitrogens with one attached hydrogen (secondary N) is 1. The Morgan fingerprint density at radius 3 is 2.96 bits per heavy atom. The van der Waals surface area contributed by atoms with Crippen LogP contribution >= 0.6 is 11.3 Å². The number of amides is 1. The van der Waals surface area contributed by atoms with Crippen LogP contribution in [0.5, 0.6) is 0 Å². The molecule has 1 unspecified atom stereocenters. The van der Waals surface area contributed by atoms with E-state index in [1.807, 2.05) is 17.9 Å². The number of rotatable bonds is 4. The summed E-state index contributed by atoms with van der Waals surface area (Å²) in [4.78, 5) is 21.1. The van der Waals surface area contributed by atoms with Crippen LogP contribution in [0.15, 0.2) is 17.8 Å². The van der Waals surface area contributed by atoms with E-state index in [0.717, 1.165) is 43.9 Å².